The van der Waals surface area contributed by atoms with Gasteiger partial charge in [-0.25, -0.2) is 4.79 Å². The third kappa shape index (κ3) is 3.22. The van der Waals surface area contributed by atoms with Gasteiger partial charge in [-0.1, -0.05) is 13.8 Å². The Labute approximate surface area is 95.9 Å². The van der Waals surface area contributed by atoms with Crippen molar-refractivity contribution >= 4 is 11.5 Å². The number of aromatic nitrogens is 2. The van der Waals surface area contributed by atoms with E-state index in [0.717, 1.165) is 11.1 Å². The van der Waals surface area contributed by atoms with Crippen molar-refractivity contribution in [2.75, 3.05) is 6.61 Å². The molecule has 0 aliphatic rings. The Hall–Kier alpha value is -1.58. The molecule has 1 rings (SSSR count). The van der Waals surface area contributed by atoms with Crippen molar-refractivity contribution in [2.24, 2.45) is 13.0 Å². The van der Waals surface area contributed by atoms with Gasteiger partial charge < -0.3 is 4.74 Å². The third-order valence-electron chi connectivity index (χ3n) is 2.22. The Kier molecular flexibility index (Phi) is 4.28. The zero-order valence-corrected chi connectivity index (χ0v) is 10.2. The van der Waals surface area contributed by atoms with Gasteiger partial charge in [-0.2, -0.15) is 5.10 Å². The summed E-state index contributed by atoms with van der Waals surface area (Å²) in [6, 6.07) is 0. The van der Waals surface area contributed by atoms with Crippen molar-refractivity contribution in [1.82, 2.24) is 9.78 Å². The number of nitrogens with zero attached hydrogens (tertiary/aromatic N) is 2. The van der Waals surface area contributed by atoms with Crippen molar-refractivity contribution in [3.05, 3.63) is 24.0 Å². The second kappa shape index (κ2) is 5.49. The monoisotopic (exact) mass is 222 g/mol. The molecule has 0 saturated carbocycles. The minimum absolute atomic E-state index is 0.258. The summed E-state index contributed by atoms with van der Waals surface area (Å²) in [5, 5.41) is 4.10. The molecule has 0 unspecified atom stereocenters. The number of allylic oxidation sites excluding steroid dienone is 1. The first-order chi connectivity index (χ1) is 7.54. The highest BCUT2D eigenvalue weighted by Crippen LogP contribution is 2.22. The summed E-state index contributed by atoms with van der Waals surface area (Å²) in [7, 11) is 1.85. The molecule has 4 heteroatoms. The molecule has 0 N–H and O–H groups in total. The first-order valence-electron chi connectivity index (χ1n) is 5.42. The fourth-order valence-electron chi connectivity index (χ4n) is 1.46. The quantitative estimate of drug-likeness (QED) is 0.578. The van der Waals surface area contributed by atoms with Gasteiger partial charge in [0.1, 0.15) is 0 Å². The standard InChI is InChI=1S/C12H18N2O2/c1-5-16-12(15)6-11(9(2)3)10-7-13-14(4)8-10/h6-9H,5H2,1-4H3/b11-6-. The van der Waals surface area contributed by atoms with Crippen LogP contribution in [0.4, 0.5) is 0 Å². The van der Waals surface area contributed by atoms with Crippen molar-refractivity contribution in [3.8, 4) is 0 Å². The number of esters is 1. The van der Waals surface area contributed by atoms with Crippen molar-refractivity contribution in [2.45, 2.75) is 20.8 Å². The van der Waals surface area contributed by atoms with Crippen molar-refractivity contribution < 1.29 is 9.53 Å². The van der Waals surface area contributed by atoms with Crippen LogP contribution in [0.2, 0.25) is 0 Å². The molecule has 0 radical (unpaired) electrons. The molecule has 0 amide bonds. The van der Waals surface area contributed by atoms with E-state index in [2.05, 4.69) is 5.10 Å². The van der Waals surface area contributed by atoms with Gasteiger partial charge in [0.2, 0.25) is 0 Å². The third-order valence-corrected chi connectivity index (χ3v) is 2.22. The summed E-state index contributed by atoms with van der Waals surface area (Å²) in [6.45, 7) is 6.27. The highest BCUT2D eigenvalue weighted by atomic mass is 16.5. The number of carbonyl (C=O) groups excluding carboxylic acids is 1. The first kappa shape index (κ1) is 12.5. The van der Waals surface area contributed by atoms with Gasteiger partial charge in [-0.05, 0) is 18.4 Å². The number of aryl methyl sites for hydroxylation is 1. The van der Waals surface area contributed by atoms with Crippen LogP contribution in [0.5, 0.6) is 0 Å². The lowest BCUT2D eigenvalue weighted by Crippen LogP contribution is -2.03. The molecule has 0 saturated heterocycles. The van der Waals surface area contributed by atoms with E-state index in [0.29, 0.717) is 6.61 Å². The normalized spacial score (nSPS) is 11.9. The Morgan fingerprint density at radius 1 is 1.62 bits per heavy atom. The molecular formula is C12H18N2O2. The highest BCUT2D eigenvalue weighted by Gasteiger charge is 2.11. The van der Waals surface area contributed by atoms with Crippen LogP contribution in [0.1, 0.15) is 26.3 Å². The van der Waals surface area contributed by atoms with E-state index < -0.39 is 0 Å². The molecule has 1 aromatic heterocycles. The molecule has 0 aliphatic heterocycles. The second-order valence-corrected chi connectivity index (χ2v) is 3.91. The van der Waals surface area contributed by atoms with Gasteiger partial charge in [0, 0.05) is 24.9 Å². The van der Waals surface area contributed by atoms with Gasteiger partial charge in [-0.15, -0.1) is 0 Å². The molecule has 1 heterocycles. The average molecular weight is 222 g/mol. The van der Waals surface area contributed by atoms with Crippen LogP contribution in [0.15, 0.2) is 18.5 Å². The first-order valence-corrected chi connectivity index (χ1v) is 5.42. The number of rotatable bonds is 4. The van der Waals surface area contributed by atoms with Crippen LogP contribution in [-0.2, 0) is 16.6 Å². The lowest BCUT2D eigenvalue weighted by molar-refractivity contribution is -0.137. The second-order valence-electron chi connectivity index (χ2n) is 3.91. The molecule has 0 fully saturated rings. The van der Waals surface area contributed by atoms with Crippen LogP contribution >= 0.6 is 0 Å². The molecule has 16 heavy (non-hydrogen) atoms. The van der Waals surface area contributed by atoms with Crippen molar-refractivity contribution in [3.63, 3.8) is 0 Å². The van der Waals surface area contributed by atoms with E-state index in [4.69, 9.17) is 4.74 Å². The Morgan fingerprint density at radius 2 is 2.31 bits per heavy atom. The SMILES string of the molecule is CCOC(=O)/C=C(\c1cnn(C)c1)C(C)C. The van der Waals surface area contributed by atoms with E-state index >= 15 is 0 Å². The predicted octanol–water partition coefficient (Wildman–Crippen LogP) is 2.02. The zero-order chi connectivity index (χ0) is 12.1. The molecule has 0 aliphatic carbocycles. The number of carbonyl (C=O) groups is 1. The average Bonchev–Trinajstić information content (AvgIpc) is 2.61. The molecule has 0 aromatic carbocycles. The topological polar surface area (TPSA) is 44.1 Å². The minimum atomic E-state index is -0.296. The molecule has 4 nitrogen and oxygen atoms in total. The van der Waals surface area contributed by atoms with E-state index in [1.165, 1.54) is 0 Å². The van der Waals surface area contributed by atoms with Crippen LogP contribution in [0.25, 0.3) is 5.57 Å². The summed E-state index contributed by atoms with van der Waals surface area (Å²) < 4.78 is 6.63. The smallest absolute Gasteiger partial charge is 0.331 e. The van der Waals surface area contributed by atoms with Gasteiger partial charge in [0.15, 0.2) is 0 Å². The number of hydrogen-bond acceptors (Lipinski definition) is 3. The molecule has 0 spiro atoms. The molecule has 0 bridgehead atoms. The van der Waals surface area contributed by atoms with Gasteiger partial charge in [0.25, 0.3) is 0 Å². The summed E-state index contributed by atoms with van der Waals surface area (Å²) in [6.07, 6.45) is 5.20. The van der Waals surface area contributed by atoms with Crippen LogP contribution < -0.4 is 0 Å². The Bertz CT molecular complexity index is 391. The summed E-state index contributed by atoms with van der Waals surface area (Å²) in [4.78, 5) is 11.4. The van der Waals surface area contributed by atoms with E-state index in [1.807, 2.05) is 27.1 Å². The lowest BCUT2D eigenvalue weighted by Gasteiger charge is -2.08. The number of ether oxygens (including phenoxy) is 1. The maximum absolute atomic E-state index is 11.4. The Balaban J connectivity index is 2.95. The fourth-order valence-corrected chi connectivity index (χ4v) is 1.46. The largest absolute Gasteiger partial charge is 0.463 e. The fraction of sp³-hybridized carbons (Fsp3) is 0.500. The molecular weight excluding hydrogens is 204 g/mol. The maximum Gasteiger partial charge on any atom is 0.331 e. The van der Waals surface area contributed by atoms with Crippen LogP contribution in [0.3, 0.4) is 0 Å². The van der Waals surface area contributed by atoms with E-state index in [-0.39, 0.29) is 11.9 Å². The lowest BCUT2D eigenvalue weighted by atomic mass is 9.97. The van der Waals surface area contributed by atoms with Crippen molar-refractivity contribution in [1.29, 1.82) is 0 Å². The molecule has 88 valence electrons. The maximum atomic E-state index is 11.4. The Morgan fingerprint density at radius 3 is 2.75 bits per heavy atom. The minimum Gasteiger partial charge on any atom is -0.463 e. The van der Waals surface area contributed by atoms with Gasteiger partial charge >= 0.3 is 5.97 Å². The highest BCUT2D eigenvalue weighted by molar-refractivity contribution is 5.91. The molecule has 0 atom stereocenters. The van der Waals surface area contributed by atoms with Crippen LogP contribution in [0, 0.1) is 5.92 Å². The van der Waals surface area contributed by atoms with Gasteiger partial charge in [0.05, 0.1) is 12.8 Å². The van der Waals surface area contributed by atoms with Crippen LogP contribution in [-0.4, -0.2) is 22.4 Å². The zero-order valence-electron chi connectivity index (χ0n) is 10.2. The summed E-state index contributed by atoms with van der Waals surface area (Å²) >= 11 is 0. The number of hydrogen-bond donors (Lipinski definition) is 0. The van der Waals surface area contributed by atoms with Gasteiger partial charge in [-0.3, -0.25) is 4.68 Å². The van der Waals surface area contributed by atoms with E-state index in [1.54, 1.807) is 23.9 Å². The predicted molar refractivity (Wildman–Crippen MR) is 62.7 cm³/mol. The molecule has 1 aromatic rings. The summed E-state index contributed by atoms with van der Waals surface area (Å²) in [5.41, 5.74) is 1.91. The van der Waals surface area contributed by atoms with E-state index in [9.17, 15) is 4.79 Å². The summed E-state index contributed by atoms with van der Waals surface area (Å²) in [5.74, 6) is -0.0383.